The van der Waals surface area contributed by atoms with Gasteiger partial charge in [0.1, 0.15) is 4.90 Å². The minimum atomic E-state index is -3.94. The Balaban J connectivity index is 1.41. The molecule has 0 radical (unpaired) electrons. The summed E-state index contributed by atoms with van der Waals surface area (Å²) in [7, 11) is -3.94. The summed E-state index contributed by atoms with van der Waals surface area (Å²) >= 11 is 6.09. The Morgan fingerprint density at radius 3 is 2.76 bits per heavy atom. The van der Waals surface area contributed by atoms with Gasteiger partial charge in [-0.1, -0.05) is 46.6 Å². The standard InChI is InChI=1S/C22H22ClN3O6S/c1-14-4-6-15(7-5-14)21-25-20(32-26-21)13-31-22(27)16-8-9-18(23)19(11-16)33(28,29)24-12-17-3-2-10-30-17/h4-9,11,17,24H,2-3,10,12-13H2,1H3. The molecule has 1 aliphatic heterocycles. The summed E-state index contributed by atoms with van der Waals surface area (Å²) in [5.41, 5.74) is 1.89. The maximum Gasteiger partial charge on any atom is 0.338 e. The fourth-order valence-corrected chi connectivity index (χ4v) is 4.86. The van der Waals surface area contributed by atoms with Crippen molar-refractivity contribution >= 4 is 27.6 Å². The van der Waals surface area contributed by atoms with E-state index in [1.807, 2.05) is 31.2 Å². The Morgan fingerprint density at radius 2 is 2.03 bits per heavy atom. The zero-order valence-electron chi connectivity index (χ0n) is 17.8. The first-order valence-electron chi connectivity index (χ1n) is 10.3. The van der Waals surface area contributed by atoms with Crippen LogP contribution in [0.3, 0.4) is 0 Å². The summed E-state index contributed by atoms with van der Waals surface area (Å²) in [6.07, 6.45) is 1.50. The van der Waals surface area contributed by atoms with Crippen LogP contribution in [-0.4, -0.2) is 43.8 Å². The zero-order valence-corrected chi connectivity index (χ0v) is 19.4. The second-order valence-corrected chi connectivity index (χ2v) is 9.73. The maximum absolute atomic E-state index is 12.7. The molecule has 1 atom stereocenters. The average molecular weight is 492 g/mol. The number of nitrogens with zero attached hydrogens (tertiary/aromatic N) is 2. The largest absolute Gasteiger partial charge is 0.452 e. The molecule has 1 unspecified atom stereocenters. The smallest absolute Gasteiger partial charge is 0.338 e. The van der Waals surface area contributed by atoms with Gasteiger partial charge in [-0.05, 0) is 38.0 Å². The SMILES string of the molecule is Cc1ccc(-c2noc(COC(=O)c3ccc(Cl)c(S(=O)(=O)NCC4CCCO4)c3)n2)cc1. The molecule has 2 heterocycles. The van der Waals surface area contributed by atoms with Gasteiger partial charge in [0.2, 0.25) is 15.8 Å². The quantitative estimate of drug-likeness (QED) is 0.475. The zero-order chi connectivity index (χ0) is 23.4. The molecule has 0 saturated carbocycles. The average Bonchev–Trinajstić information content (AvgIpc) is 3.49. The minimum Gasteiger partial charge on any atom is -0.452 e. The molecular formula is C22H22ClN3O6S. The predicted molar refractivity (Wildman–Crippen MR) is 119 cm³/mol. The fourth-order valence-electron chi connectivity index (χ4n) is 3.27. The lowest BCUT2D eigenvalue weighted by molar-refractivity contribution is 0.0429. The van der Waals surface area contributed by atoms with Crippen molar-refractivity contribution in [3.63, 3.8) is 0 Å². The van der Waals surface area contributed by atoms with E-state index in [9.17, 15) is 13.2 Å². The van der Waals surface area contributed by atoms with Gasteiger partial charge >= 0.3 is 5.97 Å². The molecule has 0 spiro atoms. The van der Waals surface area contributed by atoms with Crippen LogP contribution >= 0.6 is 11.6 Å². The van der Waals surface area contributed by atoms with E-state index < -0.39 is 16.0 Å². The van der Waals surface area contributed by atoms with E-state index in [4.69, 9.17) is 25.6 Å². The Bertz CT molecular complexity index is 1240. The number of esters is 1. The number of carbonyl (C=O) groups excluding carboxylic acids is 1. The highest BCUT2D eigenvalue weighted by Gasteiger charge is 2.24. The number of hydrogen-bond donors (Lipinski definition) is 1. The minimum absolute atomic E-state index is 0.00830. The highest BCUT2D eigenvalue weighted by molar-refractivity contribution is 7.89. The summed E-state index contributed by atoms with van der Waals surface area (Å²) in [5, 5.41) is 3.88. The molecule has 174 valence electrons. The Kier molecular flexibility index (Phi) is 7.08. The van der Waals surface area contributed by atoms with Crippen molar-refractivity contribution in [2.45, 2.75) is 37.4 Å². The third-order valence-electron chi connectivity index (χ3n) is 5.09. The van der Waals surface area contributed by atoms with Crippen LogP contribution in [0.4, 0.5) is 0 Å². The van der Waals surface area contributed by atoms with E-state index >= 15 is 0 Å². The third-order valence-corrected chi connectivity index (χ3v) is 6.99. The predicted octanol–water partition coefficient (Wildman–Crippen LogP) is 3.51. The fraction of sp³-hybridized carbons (Fsp3) is 0.318. The van der Waals surface area contributed by atoms with Gasteiger partial charge in [0.25, 0.3) is 5.89 Å². The lowest BCUT2D eigenvalue weighted by Crippen LogP contribution is -2.32. The molecule has 1 N–H and O–H groups in total. The number of rotatable bonds is 8. The van der Waals surface area contributed by atoms with E-state index in [-0.39, 0.29) is 40.6 Å². The van der Waals surface area contributed by atoms with E-state index in [1.165, 1.54) is 18.2 Å². The first-order chi connectivity index (χ1) is 15.8. The lowest BCUT2D eigenvalue weighted by Gasteiger charge is -2.13. The number of benzene rings is 2. The molecule has 2 aromatic carbocycles. The first kappa shape index (κ1) is 23.4. The summed E-state index contributed by atoms with van der Waals surface area (Å²) in [6, 6.07) is 11.5. The molecule has 1 aromatic heterocycles. The maximum atomic E-state index is 12.7. The number of aromatic nitrogens is 2. The normalized spacial score (nSPS) is 16.1. The molecule has 0 bridgehead atoms. The van der Waals surface area contributed by atoms with Crippen molar-refractivity contribution in [2.75, 3.05) is 13.2 Å². The Morgan fingerprint density at radius 1 is 1.24 bits per heavy atom. The summed E-state index contributed by atoms with van der Waals surface area (Å²) in [5.74, 6) is -0.269. The van der Waals surface area contributed by atoms with Crippen LogP contribution in [0.1, 0.15) is 34.7 Å². The second kappa shape index (κ2) is 10.0. The van der Waals surface area contributed by atoms with Crippen LogP contribution in [0.2, 0.25) is 5.02 Å². The molecule has 9 nitrogen and oxygen atoms in total. The molecule has 1 fully saturated rings. The second-order valence-electron chi connectivity index (χ2n) is 7.59. The molecule has 33 heavy (non-hydrogen) atoms. The van der Waals surface area contributed by atoms with Gasteiger partial charge in [0.15, 0.2) is 6.61 Å². The Labute approximate surface area is 196 Å². The number of aryl methyl sites for hydroxylation is 1. The molecule has 0 aliphatic carbocycles. The number of sulfonamides is 1. The number of carbonyl (C=O) groups is 1. The van der Waals surface area contributed by atoms with Crippen molar-refractivity contribution < 1.29 is 27.2 Å². The van der Waals surface area contributed by atoms with Crippen LogP contribution in [-0.2, 0) is 26.1 Å². The topological polar surface area (TPSA) is 121 Å². The van der Waals surface area contributed by atoms with Gasteiger partial charge in [0.05, 0.1) is 16.7 Å². The van der Waals surface area contributed by atoms with E-state index in [0.717, 1.165) is 24.0 Å². The van der Waals surface area contributed by atoms with Gasteiger partial charge in [0, 0.05) is 18.7 Å². The van der Waals surface area contributed by atoms with E-state index in [2.05, 4.69) is 14.9 Å². The number of nitrogens with one attached hydrogen (secondary N) is 1. The molecular weight excluding hydrogens is 470 g/mol. The van der Waals surface area contributed by atoms with E-state index in [1.54, 1.807) is 0 Å². The van der Waals surface area contributed by atoms with Gasteiger partial charge in [-0.25, -0.2) is 17.9 Å². The first-order valence-corrected chi connectivity index (χ1v) is 12.2. The van der Waals surface area contributed by atoms with Gasteiger partial charge in [-0.3, -0.25) is 0 Å². The van der Waals surface area contributed by atoms with Crippen molar-refractivity contribution in [3.8, 4) is 11.4 Å². The molecule has 1 aliphatic rings. The highest BCUT2D eigenvalue weighted by atomic mass is 35.5. The molecule has 4 rings (SSSR count). The lowest BCUT2D eigenvalue weighted by atomic mass is 10.1. The van der Waals surface area contributed by atoms with Crippen LogP contribution in [0.15, 0.2) is 51.9 Å². The monoisotopic (exact) mass is 491 g/mol. The molecule has 0 amide bonds. The highest BCUT2D eigenvalue weighted by Crippen LogP contribution is 2.24. The van der Waals surface area contributed by atoms with Crippen LogP contribution in [0.25, 0.3) is 11.4 Å². The number of ether oxygens (including phenoxy) is 2. The van der Waals surface area contributed by atoms with Crippen LogP contribution < -0.4 is 4.72 Å². The van der Waals surface area contributed by atoms with Gasteiger partial charge in [-0.2, -0.15) is 4.98 Å². The summed E-state index contributed by atoms with van der Waals surface area (Å²) < 4.78 is 43.6. The van der Waals surface area contributed by atoms with E-state index in [0.29, 0.717) is 12.4 Å². The van der Waals surface area contributed by atoms with Crippen molar-refractivity contribution in [3.05, 3.63) is 64.5 Å². The number of halogens is 1. The van der Waals surface area contributed by atoms with Gasteiger partial charge in [-0.15, -0.1) is 0 Å². The van der Waals surface area contributed by atoms with Crippen molar-refractivity contribution in [1.29, 1.82) is 0 Å². The molecule has 3 aromatic rings. The van der Waals surface area contributed by atoms with Crippen molar-refractivity contribution in [1.82, 2.24) is 14.9 Å². The third kappa shape index (κ3) is 5.77. The summed E-state index contributed by atoms with van der Waals surface area (Å²) in [6.45, 7) is 2.45. The van der Waals surface area contributed by atoms with Crippen molar-refractivity contribution in [2.24, 2.45) is 0 Å². The number of hydrogen-bond acceptors (Lipinski definition) is 8. The molecule has 1 saturated heterocycles. The van der Waals surface area contributed by atoms with Gasteiger partial charge < -0.3 is 14.0 Å². The molecule has 11 heteroatoms. The van der Waals surface area contributed by atoms with Crippen LogP contribution in [0.5, 0.6) is 0 Å². The summed E-state index contributed by atoms with van der Waals surface area (Å²) in [4.78, 5) is 16.5. The Hall–Kier alpha value is -2.79. The van der Waals surface area contributed by atoms with Crippen LogP contribution in [0, 0.1) is 6.92 Å².